The molecule has 7 nitrogen and oxygen atoms in total. The summed E-state index contributed by atoms with van der Waals surface area (Å²) in [5.41, 5.74) is 3.34. The first kappa shape index (κ1) is 25.9. The molecule has 1 amide bonds. The first-order valence-corrected chi connectivity index (χ1v) is 13.6. The number of nitrogens with zero attached hydrogens (tertiary/aromatic N) is 4. The van der Waals surface area contributed by atoms with E-state index in [9.17, 15) is 17.6 Å². The second kappa shape index (κ2) is 10.0. The molecule has 0 aromatic heterocycles. The zero-order valence-electron chi connectivity index (χ0n) is 20.5. The quantitative estimate of drug-likeness (QED) is 0.601. The van der Waals surface area contributed by atoms with E-state index in [2.05, 4.69) is 24.8 Å². The number of piperazine rings is 1. The number of amides is 1. The molecule has 4 rings (SSSR count). The van der Waals surface area contributed by atoms with Gasteiger partial charge in [-0.15, -0.1) is 0 Å². The first-order valence-electron chi connectivity index (χ1n) is 11.8. The smallest absolute Gasteiger partial charge is 0.282 e. The predicted octanol–water partition coefficient (Wildman–Crippen LogP) is 3.66. The molecule has 190 valence electrons. The number of rotatable bonds is 5. The van der Waals surface area contributed by atoms with Crippen molar-refractivity contribution >= 4 is 33.4 Å². The van der Waals surface area contributed by atoms with Gasteiger partial charge in [-0.3, -0.25) is 4.79 Å². The van der Waals surface area contributed by atoms with E-state index in [1.54, 1.807) is 13.0 Å². The Bertz CT molecular complexity index is 1190. The van der Waals surface area contributed by atoms with Crippen molar-refractivity contribution in [1.29, 1.82) is 0 Å². The SMILES string of the molecule is CC(=O)N1[C@H](C)CN(c2ccc3c(c2)CCN(S(=O)(=O)N(C)Cc2c(F)cccc2Cl)C3)C[C@@H]1C. The molecule has 2 aliphatic heterocycles. The lowest BCUT2D eigenvalue weighted by molar-refractivity contribution is -0.133. The van der Waals surface area contributed by atoms with Crippen molar-refractivity contribution in [3.63, 3.8) is 0 Å². The Labute approximate surface area is 212 Å². The number of hydrogen-bond donors (Lipinski definition) is 0. The molecule has 2 aromatic carbocycles. The Balaban J connectivity index is 1.47. The summed E-state index contributed by atoms with van der Waals surface area (Å²) in [5, 5.41) is 0.205. The van der Waals surface area contributed by atoms with Gasteiger partial charge < -0.3 is 9.80 Å². The van der Waals surface area contributed by atoms with E-state index in [1.165, 1.54) is 23.5 Å². The zero-order valence-corrected chi connectivity index (χ0v) is 22.1. The summed E-state index contributed by atoms with van der Waals surface area (Å²) in [6.07, 6.45) is 0.592. The highest BCUT2D eigenvalue weighted by atomic mass is 35.5. The summed E-state index contributed by atoms with van der Waals surface area (Å²) < 4.78 is 43.3. The number of benzene rings is 2. The molecule has 1 saturated heterocycles. The molecule has 2 aromatic rings. The Morgan fingerprint density at radius 1 is 1.14 bits per heavy atom. The first-order chi connectivity index (χ1) is 16.5. The molecule has 1 fully saturated rings. The van der Waals surface area contributed by atoms with Crippen LogP contribution >= 0.6 is 11.6 Å². The summed E-state index contributed by atoms with van der Waals surface area (Å²) in [6.45, 7) is 7.73. The van der Waals surface area contributed by atoms with Gasteiger partial charge in [0.1, 0.15) is 5.82 Å². The third-order valence-corrected chi connectivity index (χ3v) is 9.21. The maximum Gasteiger partial charge on any atom is 0.282 e. The lowest BCUT2D eigenvalue weighted by Crippen LogP contribution is -2.58. The van der Waals surface area contributed by atoms with Gasteiger partial charge in [-0.05, 0) is 55.7 Å². The molecule has 0 aliphatic carbocycles. The molecule has 0 saturated carbocycles. The van der Waals surface area contributed by atoms with Crippen LogP contribution in [0.3, 0.4) is 0 Å². The summed E-state index contributed by atoms with van der Waals surface area (Å²) >= 11 is 6.10. The van der Waals surface area contributed by atoms with Crippen molar-refractivity contribution in [2.24, 2.45) is 0 Å². The van der Waals surface area contributed by atoms with Crippen molar-refractivity contribution in [2.75, 3.05) is 31.6 Å². The molecule has 0 radical (unpaired) electrons. The zero-order chi connectivity index (χ0) is 25.5. The minimum Gasteiger partial charge on any atom is -0.367 e. The summed E-state index contributed by atoms with van der Waals surface area (Å²) in [5.74, 6) is -0.428. The maximum absolute atomic E-state index is 14.2. The van der Waals surface area contributed by atoms with Gasteiger partial charge in [0.05, 0.1) is 0 Å². The van der Waals surface area contributed by atoms with Crippen LogP contribution in [0.25, 0.3) is 0 Å². The van der Waals surface area contributed by atoms with E-state index in [0.717, 1.165) is 34.2 Å². The van der Waals surface area contributed by atoms with E-state index >= 15 is 0 Å². The maximum atomic E-state index is 14.2. The Kier molecular flexibility index (Phi) is 7.43. The van der Waals surface area contributed by atoms with Crippen LogP contribution < -0.4 is 4.90 Å². The van der Waals surface area contributed by atoms with Crippen LogP contribution in [0.15, 0.2) is 36.4 Å². The van der Waals surface area contributed by atoms with Gasteiger partial charge in [-0.2, -0.15) is 17.0 Å². The van der Waals surface area contributed by atoms with E-state index in [-0.39, 0.29) is 41.7 Å². The Morgan fingerprint density at radius 2 is 1.83 bits per heavy atom. The second-order valence-corrected chi connectivity index (χ2v) is 12.0. The number of anilines is 1. The van der Waals surface area contributed by atoms with Crippen LogP contribution in [0.2, 0.25) is 5.02 Å². The van der Waals surface area contributed by atoms with Crippen LogP contribution in [-0.4, -0.2) is 66.6 Å². The van der Waals surface area contributed by atoms with Crippen molar-refractivity contribution in [3.8, 4) is 0 Å². The number of carbonyl (C=O) groups excluding carboxylic acids is 1. The van der Waals surface area contributed by atoms with Crippen LogP contribution in [-0.2, 0) is 34.5 Å². The number of fused-ring (bicyclic) bond motifs is 1. The largest absolute Gasteiger partial charge is 0.367 e. The molecule has 0 spiro atoms. The molecule has 2 aliphatic rings. The molecule has 0 unspecified atom stereocenters. The van der Waals surface area contributed by atoms with Gasteiger partial charge in [0.2, 0.25) is 5.91 Å². The average Bonchev–Trinajstić information content (AvgIpc) is 2.79. The fourth-order valence-corrected chi connectivity index (χ4v) is 6.78. The number of halogens is 2. The molecular formula is C25H32ClFN4O3S. The average molecular weight is 523 g/mol. The van der Waals surface area contributed by atoms with Gasteiger partial charge in [-0.25, -0.2) is 4.39 Å². The highest BCUT2D eigenvalue weighted by molar-refractivity contribution is 7.86. The normalized spacial score (nSPS) is 21.3. The van der Waals surface area contributed by atoms with E-state index < -0.39 is 16.0 Å². The number of hydrogen-bond acceptors (Lipinski definition) is 4. The Hall–Kier alpha value is -2.20. The topological polar surface area (TPSA) is 64.2 Å². The van der Waals surface area contributed by atoms with E-state index in [0.29, 0.717) is 13.0 Å². The summed E-state index contributed by atoms with van der Waals surface area (Å²) in [4.78, 5) is 16.2. The fourth-order valence-electron chi connectivity index (χ4n) is 5.25. The number of carbonyl (C=O) groups is 1. The van der Waals surface area contributed by atoms with Crippen LogP contribution in [0.1, 0.15) is 37.5 Å². The highest BCUT2D eigenvalue weighted by Crippen LogP contribution is 2.30. The Morgan fingerprint density at radius 3 is 2.46 bits per heavy atom. The van der Waals surface area contributed by atoms with Gasteiger partial charge >= 0.3 is 0 Å². The van der Waals surface area contributed by atoms with Gasteiger partial charge in [0.25, 0.3) is 10.2 Å². The van der Waals surface area contributed by atoms with Crippen LogP contribution in [0.4, 0.5) is 10.1 Å². The molecule has 35 heavy (non-hydrogen) atoms. The predicted molar refractivity (Wildman–Crippen MR) is 136 cm³/mol. The molecule has 2 atom stereocenters. The summed E-state index contributed by atoms with van der Waals surface area (Å²) in [7, 11) is -2.36. The molecule has 2 heterocycles. The third kappa shape index (κ3) is 5.18. The highest BCUT2D eigenvalue weighted by Gasteiger charge is 2.33. The molecule has 0 bridgehead atoms. The van der Waals surface area contributed by atoms with Gasteiger partial charge in [0.15, 0.2) is 0 Å². The van der Waals surface area contributed by atoms with Crippen molar-refractivity contribution < 1.29 is 17.6 Å². The standard InChI is InChI=1S/C25H32ClFN4O3S/c1-17-13-29(14-18(2)31(17)19(3)32)22-9-8-21-15-30(11-10-20(21)12-22)35(33,34)28(4)16-23-24(26)6-5-7-25(23)27/h5-9,12,17-18H,10-11,13-16H2,1-4H3/t17-,18+. The van der Waals surface area contributed by atoms with Gasteiger partial charge in [-0.1, -0.05) is 23.7 Å². The minimum atomic E-state index is -3.80. The second-order valence-electron chi connectivity index (χ2n) is 9.53. The van der Waals surface area contributed by atoms with Crippen LogP contribution in [0.5, 0.6) is 0 Å². The van der Waals surface area contributed by atoms with Crippen molar-refractivity contribution in [2.45, 2.75) is 52.4 Å². The fraction of sp³-hybridized carbons (Fsp3) is 0.480. The van der Waals surface area contributed by atoms with Gasteiger partial charge in [0, 0.05) is 75.1 Å². The van der Waals surface area contributed by atoms with Crippen molar-refractivity contribution in [3.05, 3.63) is 63.9 Å². The van der Waals surface area contributed by atoms with E-state index in [4.69, 9.17) is 11.6 Å². The summed E-state index contributed by atoms with van der Waals surface area (Å²) in [6, 6.07) is 10.7. The monoisotopic (exact) mass is 522 g/mol. The van der Waals surface area contributed by atoms with Crippen LogP contribution in [0, 0.1) is 5.82 Å². The lowest BCUT2D eigenvalue weighted by atomic mass is 9.99. The molecular weight excluding hydrogens is 491 g/mol. The minimum absolute atomic E-state index is 0.0960. The van der Waals surface area contributed by atoms with E-state index in [1.807, 2.05) is 17.0 Å². The van der Waals surface area contributed by atoms with Crippen molar-refractivity contribution in [1.82, 2.24) is 13.5 Å². The molecule has 10 heteroatoms. The molecule has 0 N–H and O–H groups in total. The third-order valence-electron chi connectivity index (χ3n) is 6.98. The lowest BCUT2D eigenvalue weighted by Gasteiger charge is -2.45.